The Hall–Kier alpha value is -1.02. The van der Waals surface area contributed by atoms with Gasteiger partial charge in [-0.1, -0.05) is 0 Å². The molecule has 72 valence electrons. The second-order valence-electron chi connectivity index (χ2n) is 2.63. The molecule has 5 nitrogen and oxygen atoms in total. The summed E-state index contributed by atoms with van der Waals surface area (Å²) < 4.78 is 2.73. The predicted molar refractivity (Wildman–Crippen MR) is 59.8 cm³/mol. The van der Waals surface area contributed by atoms with E-state index in [1.807, 2.05) is 6.20 Å². The molecule has 6 heteroatoms. The summed E-state index contributed by atoms with van der Waals surface area (Å²) in [7, 11) is 0. The van der Waals surface area contributed by atoms with Crippen molar-refractivity contribution in [3.8, 4) is 5.82 Å². The molecule has 2 aromatic heterocycles. The third-order valence-corrected chi connectivity index (χ3v) is 2.27. The summed E-state index contributed by atoms with van der Waals surface area (Å²) in [4.78, 5) is 8.32. The lowest BCUT2D eigenvalue weighted by molar-refractivity contribution is 0.802. The summed E-state index contributed by atoms with van der Waals surface area (Å²) in [5, 5.41) is 4.15. The van der Waals surface area contributed by atoms with Crippen LogP contribution in [0.5, 0.6) is 0 Å². The number of aromatic nitrogens is 4. The molecule has 2 N–H and O–H groups in total. The van der Waals surface area contributed by atoms with E-state index in [9.17, 15) is 0 Å². The van der Waals surface area contributed by atoms with E-state index in [-0.39, 0.29) is 0 Å². The van der Waals surface area contributed by atoms with Gasteiger partial charge in [0.05, 0.1) is 15.5 Å². The van der Waals surface area contributed by atoms with Gasteiger partial charge in [-0.3, -0.25) is 4.98 Å². The fourth-order valence-corrected chi connectivity index (χ4v) is 1.50. The van der Waals surface area contributed by atoms with Gasteiger partial charge >= 0.3 is 0 Å². The Morgan fingerprint density at radius 1 is 1.36 bits per heavy atom. The Balaban J connectivity index is 2.50. The van der Waals surface area contributed by atoms with E-state index in [0.717, 1.165) is 9.26 Å². The quantitative estimate of drug-likeness (QED) is 0.830. The van der Waals surface area contributed by atoms with E-state index in [4.69, 9.17) is 5.73 Å². The molecule has 2 rings (SSSR count). The van der Waals surface area contributed by atoms with Crippen molar-refractivity contribution in [2.24, 2.45) is 5.73 Å². The zero-order valence-electron chi connectivity index (χ0n) is 7.26. The topological polar surface area (TPSA) is 69.6 Å². The maximum atomic E-state index is 5.55. The Kier molecular flexibility index (Phi) is 2.73. The molecular formula is C8H8IN5. The van der Waals surface area contributed by atoms with Crippen molar-refractivity contribution in [3.05, 3.63) is 34.1 Å². The Morgan fingerprint density at radius 2 is 2.14 bits per heavy atom. The highest BCUT2D eigenvalue weighted by molar-refractivity contribution is 14.1. The SMILES string of the molecule is NCc1nccnc1-n1cc(I)cn1. The van der Waals surface area contributed by atoms with Gasteiger partial charge in [-0.25, -0.2) is 9.67 Å². The highest BCUT2D eigenvalue weighted by atomic mass is 127. The Labute approximate surface area is 94.5 Å². The number of rotatable bonds is 2. The molecule has 0 fully saturated rings. The van der Waals surface area contributed by atoms with Gasteiger partial charge in [-0.05, 0) is 22.6 Å². The lowest BCUT2D eigenvalue weighted by atomic mass is 10.4. The largest absolute Gasteiger partial charge is 0.325 e. The van der Waals surface area contributed by atoms with Gasteiger partial charge in [0.15, 0.2) is 5.82 Å². The minimum Gasteiger partial charge on any atom is -0.325 e. The third-order valence-electron chi connectivity index (χ3n) is 1.71. The van der Waals surface area contributed by atoms with E-state index in [1.54, 1.807) is 23.3 Å². The summed E-state index contributed by atoms with van der Waals surface area (Å²) in [6.07, 6.45) is 6.89. The zero-order chi connectivity index (χ0) is 9.97. The Bertz CT molecular complexity index is 439. The number of nitrogens with two attached hydrogens (primary N) is 1. The number of nitrogens with zero attached hydrogens (tertiary/aromatic N) is 4. The molecule has 0 amide bonds. The fraction of sp³-hybridized carbons (Fsp3) is 0.125. The molecule has 0 unspecified atom stereocenters. The van der Waals surface area contributed by atoms with Crippen molar-refractivity contribution in [2.45, 2.75) is 6.54 Å². The molecule has 0 aliphatic heterocycles. The molecule has 0 aliphatic carbocycles. The summed E-state index contributed by atoms with van der Waals surface area (Å²) in [5.41, 5.74) is 6.29. The van der Waals surface area contributed by atoms with Crippen molar-refractivity contribution in [2.75, 3.05) is 0 Å². The predicted octanol–water partition coefficient (Wildman–Crippen LogP) is 0.726. The van der Waals surface area contributed by atoms with Gasteiger partial charge in [0, 0.05) is 25.1 Å². The molecule has 0 aromatic carbocycles. The lowest BCUT2D eigenvalue weighted by Crippen LogP contribution is -2.08. The van der Waals surface area contributed by atoms with Crippen molar-refractivity contribution in [1.82, 2.24) is 19.7 Å². The summed E-state index contributed by atoms with van der Waals surface area (Å²) in [5.74, 6) is 0.693. The molecule has 0 atom stereocenters. The van der Waals surface area contributed by atoms with Crippen LogP contribution in [0.2, 0.25) is 0 Å². The van der Waals surface area contributed by atoms with Gasteiger partial charge in [-0.15, -0.1) is 0 Å². The van der Waals surface area contributed by atoms with Crippen LogP contribution in [0.25, 0.3) is 5.82 Å². The van der Waals surface area contributed by atoms with E-state index in [0.29, 0.717) is 12.4 Å². The van der Waals surface area contributed by atoms with Crippen molar-refractivity contribution in [3.63, 3.8) is 0 Å². The molecule has 2 heterocycles. The van der Waals surface area contributed by atoms with E-state index in [2.05, 4.69) is 37.7 Å². The van der Waals surface area contributed by atoms with Crippen LogP contribution in [0.1, 0.15) is 5.69 Å². The van der Waals surface area contributed by atoms with Gasteiger partial charge in [0.1, 0.15) is 0 Å². The summed E-state index contributed by atoms with van der Waals surface area (Å²) in [6, 6.07) is 0. The van der Waals surface area contributed by atoms with Crippen LogP contribution >= 0.6 is 22.6 Å². The normalized spacial score (nSPS) is 10.4. The lowest BCUT2D eigenvalue weighted by Gasteiger charge is -2.03. The van der Waals surface area contributed by atoms with E-state index < -0.39 is 0 Å². The fourth-order valence-electron chi connectivity index (χ4n) is 1.11. The van der Waals surface area contributed by atoms with Crippen molar-refractivity contribution >= 4 is 22.6 Å². The summed E-state index contributed by atoms with van der Waals surface area (Å²) in [6.45, 7) is 0.361. The van der Waals surface area contributed by atoms with Gasteiger partial charge < -0.3 is 5.73 Å². The molecule has 0 radical (unpaired) electrons. The maximum absolute atomic E-state index is 5.55. The minimum absolute atomic E-state index is 0.361. The maximum Gasteiger partial charge on any atom is 0.176 e. The first-order valence-electron chi connectivity index (χ1n) is 4.02. The highest BCUT2D eigenvalue weighted by Gasteiger charge is 2.06. The molecule has 0 aliphatic rings. The smallest absolute Gasteiger partial charge is 0.176 e. The van der Waals surface area contributed by atoms with Crippen LogP contribution in [0.15, 0.2) is 24.8 Å². The molecule has 0 saturated heterocycles. The number of hydrogen-bond acceptors (Lipinski definition) is 4. The number of hydrogen-bond donors (Lipinski definition) is 1. The standard InChI is InChI=1S/C8H8IN5/c9-6-4-13-14(5-6)8-7(3-10)11-1-2-12-8/h1-2,4-5H,3,10H2. The second-order valence-corrected chi connectivity index (χ2v) is 3.88. The van der Waals surface area contributed by atoms with Crippen LogP contribution in [0, 0.1) is 3.57 Å². The van der Waals surface area contributed by atoms with E-state index in [1.165, 1.54) is 0 Å². The van der Waals surface area contributed by atoms with E-state index >= 15 is 0 Å². The first-order chi connectivity index (χ1) is 6.81. The minimum atomic E-state index is 0.361. The highest BCUT2D eigenvalue weighted by Crippen LogP contribution is 2.09. The summed E-state index contributed by atoms with van der Waals surface area (Å²) >= 11 is 2.19. The Morgan fingerprint density at radius 3 is 2.79 bits per heavy atom. The molecular weight excluding hydrogens is 293 g/mol. The first kappa shape index (κ1) is 9.53. The van der Waals surface area contributed by atoms with Crippen molar-refractivity contribution in [1.29, 1.82) is 0 Å². The van der Waals surface area contributed by atoms with Crippen molar-refractivity contribution < 1.29 is 0 Å². The first-order valence-corrected chi connectivity index (χ1v) is 5.09. The monoisotopic (exact) mass is 301 g/mol. The average Bonchev–Trinajstić information content (AvgIpc) is 2.65. The van der Waals surface area contributed by atoms with Crippen LogP contribution < -0.4 is 5.73 Å². The third kappa shape index (κ3) is 1.75. The van der Waals surface area contributed by atoms with Crippen LogP contribution in [-0.2, 0) is 6.54 Å². The van der Waals surface area contributed by atoms with Gasteiger partial charge in [-0.2, -0.15) is 5.10 Å². The molecule has 2 aromatic rings. The second kappa shape index (κ2) is 4.01. The average molecular weight is 301 g/mol. The molecule has 14 heavy (non-hydrogen) atoms. The molecule has 0 saturated carbocycles. The number of halogens is 1. The van der Waals surface area contributed by atoms with Crippen LogP contribution in [0.3, 0.4) is 0 Å². The van der Waals surface area contributed by atoms with Gasteiger partial charge in [0.25, 0.3) is 0 Å². The zero-order valence-corrected chi connectivity index (χ0v) is 9.42. The van der Waals surface area contributed by atoms with Crippen LogP contribution in [0.4, 0.5) is 0 Å². The van der Waals surface area contributed by atoms with Gasteiger partial charge in [0.2, 0.25) is 0 Å². The molecule has 0 bridgehead atoms. The molecule has 0 spiro atoms. The van der Waals surface area contributed by atoms with Crippen LogP contribution in [-0.4, -0.2) is 19.7 Å².